The number of rotatable bonds is 5. The molecule has 0 saturated carbocycles. The molecule has 0 aromatic carbocycles. The fourth-order valence-corrected chi connectivity index (χ4v) is 1.08. The lowest BCUT2D eigenvalue weighted by Crippen LogP contribution is -2.46. The Bertz CT molecular complexity index is 193. The lowest BCUT2D eigenvalue weighted by molar-refractivity contribution is -0.151. The van der Waals surface area contributed by atoms with Crippen molar-refractivity contribution in [3.63, 3.8) is 0 Å². The number of hydrogen-bond donors (Lipinski definition) is 2. The van der Waals surface area contributed by atoms with Crippen molar-refractivity contribution in [2.24, 2.45) is 0 Å². The Kier molecular flexibility index (Phi) is 5.06. The fourth-order valence-electron chi connectivity index (χ4n) is 1.08. The van der Waals surface area contributed by atoms with Crippen LogP contribution in [0.1, 0.15) is 20.3 Å². The molecule has 5 nitrogen and oxygen atoms in total. The minimum absolute atomic E-state index is 0.330. The molecule has 76 valence electrons. The molecular formula is C8H15NO4. The number of carboxylic acid groups (broad SMARTS) is 1. The lowest BCUT2D eigenvalue weighted by atomic mass is 10.2. The number of carbonyl (C=O) groups is 2. The maximum Gasteiger partial charge on any atom is 0.328 e. The highest BCUT2D eigenvalue weighted by Crippen LogP contribution is 2.01. The van der Waals surface area contributed by atoms with Gasteiger partial charge >= 0.3 is 5.97 Å². The average molecular weight is 189 g/mol. The van der Waals surface area contributed by atoms with Crippen LogP contribution in [0.3, 0.4) is 0 Å². The van der Waals surface area contributed by atoms with E-state index in [1.54, 1.807) is 0 Å². The van der Waals surface area contributed by atoms with Gasteiger partial charge in [-0.05, 0) is 6.42 Å². The van der Waals surface area contributed by atoms with E-state index in [1.807, 2.05) is 6.92 Å². The molecule has 13 heavy (non-hydrogen) atoms. The summed E-state index contributed by atoms with van der Waals surface area (Å²) in [6.07, 6.45) is 0.670. The van der Waals surface area contributed by atoms with Gasteiger partial charge in [-0.1, -0.05) is 6.92 Å². The monoisotopic (exact) mass is 189 g/mol. The molecule has 0 fully saturated rings. The van der Waals surface area contributed by atoms with Gasteiger partial charge in [-0.25, -0.2) is 4.79 Å². The van der Waals surface area contributed by atoms with Crippen LogP contribution in [-0.4, -0.2) is 46.2 Å². The Morgan fingerprint density at radius 3 is 2.23 bits per heavy atom. The zero-order valence-electron chi connectivity index (χ0n) is 7.86. The summed E-state index contributed by atoms with van der Waals surface area (Å²) in [6.45, 7) is 2.94. The molecule has 0 radical (unpaired) electrons. The van der Waals surface area contributed by atoms with Crippen LogP contribution in [0, 0.1) is 0 Å². The normalized spacial score (nSPS) is 12.2. The molecule has 0 aliphatic heterocycles. The van der Waals surface area contributed by atoms with E-state index in [4.69, 9.17) is 10.2 Å². The Morgan fingerprint density at radius 1 is 1.46 bits per heavy atom. The van der Waals surface area contributed by atoms with E-state index in [1.165, 1.54) is 6.92 Å². The molecule has 0 aromatic rings. The quantitative estimate of drug-likeness (QED) is 0.622. The first-order valence-corrected chi connectivity index (χ1v) is 4.15. The molecule has 0 spiro atoms. The zero-order valence-corrected chi connectivity index (χ0v) is 7.86. The van der Waals surface area contributed by atoms with Crippen LogP contribution in [-0.2, 0) is 9.59 Å². The number of carboxylic acids is 1. The highest BCUT2D eigenvalue weighted by atomic mass is 16.4. The van der Waals surface area contributed by atoms with E-state index < -0.39 is 18.6 Å². The zero-order chi connectivity index (χ0) is 10.4. The number of aliphatic carboxylic acids is 1. The maximum absolute atomic E-state index is 11.0. The van der Waals surface area contributed by atoms with Crippen molar-refractivity contribution >= 4 is 11.9 Å². The van der Waals surface area contributed by atoms with Gasteiger partial charge in [0.2, 0.25) is 5.91 Å². The van der Waals surface area contributed by atoms with Gasteiger partial charge in [0.25, 0.3) is 0 Å². The standard InChI is InChI=1S/C8H15NO4/c1-3-4-9(6(2)11)7(5-10)8(12)13/h7,10H,3-5H2,1-2H3,(H,12,13). The van der Waals surface area contributed by atoms with Crippen molar-refractivity contribution in [1.82, 2.24) is 4.90 Å². The third kappa shape index (κ3) is 3.42. The molecule has 0 bridgehead atoms. The van der Waals surface area contributed by atoms with E-state index in [2.05, 4.69) is 0 Å². The number of hydrogen-bond acceptors (Lipinski definition) is 3. The summed E-state index contributed by atoms with van der Waals surface area (Å²) < 4.78 is 0. The number of aliphatic hydroxyl groups is 1. The predicted octanol–water partition coefficient (Wildman–Crippen LogP) is -0.310. The van der Waals surface area contributed by atoms with Crippen molar-refractivity contribution in [1.29, 1.82) is 0 Å². The van der Waals surface area contributed by atoms with Crippen LogP contribution in [0.25, 0.3) is 0 Å². The van der Waals surface area contributed by atoms with Gasteiger partial charge in [0.05, 0.1) is 6.61 Å². The summed E-state index contributed by atoms with van der Waals surface area (Å²) in [4.78, 5) is 22.7. The maximum atomic E-state index is 11.0. The second kappa shape index (κ2) is 5.53. The summed E-state index contributed by atoms with van der Waals surface area (Å²) >= 11 is 0. The van der Waals surface area contributed by atoms with Gasteiger partial charge in [0.15, 0.2) is 6.04 Å². The third-order valence-electron chi connectivity index (χ3n) is 1.70. The number of carbonyl (C=O) groups excluding carboxylic acids is 1. The van der Waals surface area contributed by atoms with Crippen molar-refractivity contribution in [2.75, 3.05) is 13.2 Å². The number of aliphatic hydroxyl groups excluding tert-OH is 1. The molecule has 0 aliphatic rings. The minimum atomic E-state index is -1.17. The summed E-state index contributed by atoms with van der Waals surface area (Å²) in [5.41, 5.74) is 0. The van der Waals surface area contributed by atoms with Gasteiger partial charge in [-0.3, -0.25) is 4.79 Å². The van der Waals surface area contributed by atoms with E-state index >= 15 is 0 Å². The number of nitrogens with zero attached hydrogens (tertiary/aromatic N) is 1. The van der Waals surface area contributed by atoms with E-state index in [9.17, 15) is 9.59 Å². The van der Waals surface area contributed by atoms with Gasteiger partial charge < -0.3 is 15.1 Å². The number of amides is 1. The van der Waals surface area contributed by atoms with Crippen LogP contribution in [0.5, 0.6) is 0 Å². The molecule has 0 aliphatic carbocycles. The Hall–Kier alpha value is -1.10. The molecule has 1 unspecified atom stereocenters. The topological polar surface area (TPSA) is 77.8 Å². The Balaban J connectivity index is 4.48. The Labute approximate surface area is 77.0 Å². The smallest absolute Gasteiger partial charge is 0.328 e. The molecular weight excluding hydrogens is 174 g/mol. The van der Waals surface area contributed by atoms with E-state index in [0.717, 1.165) is 4.90 Å². The van der Waals surface area contributed by atoms with Gasteiger partial charge in [0.1, 0.15) is 0 Å². The van der Waals surface area contributed by atoms with Crippen LogP contribution in [0.15, 0.2) is 0 Å². The third-order valence-corrected chi connectivity index (χ3v) is 1.70. The largest absolute Gasteiger partial charge is 0.480 e. The summed E-state index contributed by atoms with van der Waals surface area (Å²) in [7, 11) is 0. The van der Waals surface area contributed by atoms with Crippen LogP contribution < -0.4 is 0 Å². The van der Waals surface area contributed by atoms with Crippen LogP contribution >= 0.6 is 0 Å². The molecule has 1 atom stereocenters. The first kappa shape index (κ1) is 11.9. The van der Waals surface area contributed by atoms with Gasteiger partial charge in [-0.15, -0.1) is 0 Å². The SMILES string of the molecule is CCCN(C(C)=O)C(CO)C(=O)O. The summed E-state index contributed by atoms with van der Waals surface area (Å²) in [6, 6.07) is -1.11. The molecule has 2 N–H and O–H groups in total. The van der Waals surface area contributed by atoms with E-state index in [-0.39, 0.29) is 5.91 Å². The first-order valence-electron chi connectivity index (χ1n) is 4.15. The minimum Gasteiger partial charge on any atom is -0.480 e. The molecule has 5 heteroatoms. The Morgan fingerprint density at radius 2 is 2.00 bits per heavy atom. The second-order valence-corrected chi connectivity index (χ2v) is 2.75. The molecule has 0 rings (SSSR count). The first-order chi connectivity index (χ1) is 6.04. The van der Waals surface area contributed by atoms with Gasteiger partial charge in [0, 0.05) is 13.5 Å². The molecule has 1 amide bonds. The molecule has 0 saturated heterocycles. The van der Waals surface area contributed by atoms with Crippen molar-refractivity contribution < 1.29 is 19.8 Å². The summed E-state index contributed by atoms with van der Waals surface area (Å²) in [5, 5.41) is 17.4. The van der Waals surface area contributed by atoms with Crippen molar-refractivity contribution in [3.8, 4) is 0 Å². The van der Waals surface area contributed by atoms with E-state index in [0.29, 0.717) is 13.0 Å². The average Bonchev–Trinajstić information content (AvgIpc) is 2.03. The molecule has 0 aromatic heterocycles. The van der Waals surface area contributed by atoms with Crippen LogP contribution in [0.2, 0.25) is 0 Å². The van der Waals surface area contributed by atoms with Gasteiger partial charge in [-0.2, -0.15) is 0 Å². The highest BCUT2D eigenvalue weighted by molar-refractivity contribution is 5.82. The molecule has 0 heterocycles. The van der Waals surface area contributed by atoms with Crippen molar-refractivity contribution in [2.45, 2.75) is 26.3 Å². The van der Waals surface area contributed by atoms with Crippen LogP contribution in [0.4, 0.5) is 0 Å². The second-order valence-electron chi connectivity index (χ2n) is 2.75. The summed E-state index contributed by atoms with van der Waals surface area (Å²) in [5.74, 6) is -1.51. The highest BCUT2D eigenvalue weighted by Gasteiger charge is 2.25. The predicted molar refractivity (Wildman–Crippen MR) is 46.2 cm³/mol. The fraction of sp³-hybridized carbons (Fsp3) is 0.750. The lowest BCUT2D eigenvalue weighted by Gasteiger charge is -2.25. The van der Waals surface area contributed by atoms with Crippen molar-refractivity contribution in [3.05, 3.63) is 0 Å².